The number of hydrogen-bond donors (Lipinski definition) is 2. The van der Waals surface area contributed by atoms with E-state index in [9.17, 15) is 29.1 Å². The fraction of sp³-hybridized carbons (Fsp3) is 0.344. The van der Waals surface area contributed by atoms with Crippen LogP contribution < -0.4 is 5.73 Å². The summed E-state index contributed by atoms with van der Waals surface area (Å²) in [5.74, 6) is -7.37. The maximum atomic E-state index is 13.7. The van der Waals surface area contributed by atoms with Crippen LogP contribution >= 0.6 is 0 Å². The van der Waals surface area contributed by atoms with E-state index >= 15 is 0 Å². The molecule has 1 aromatic heterocycles. The van der Waals surface area contributed by atoms with Crippen LogP contribution in [0.3, 0.4) is 0 Å². The Morgan fingerprint density at radius 1 is 0.875 bits per heavy atom. The minimum absolute atomic E-state index is 0.0679. The second-order valence-corrected chi connectivity index (χ2v) is 11.2. The van der Waals surface area contributed by atoms with Crippen LogP contribution in [0.25, 0.3) is 11.3 Å². The molecule has 0 spiro atoms. The Kier molecular flexibility index (Phi) is 6.49. The van der Waals surface area contributed by atoms with E-state index in [4.69, 9.17) is 10.2 Å². The zero-order valence-corrected chi connectivity index (χ0v) is 21.8. The van der Waals surface area contributed by atoms with Gasteiger partial charge in [0.2, 0.25) is 5.91 Å². The number of fused-ring (bicyclic) bond motifs is 3. The summed E-state index contributed by atoms with van der Waals surface area (Å²) < 4.78 is 6.16. The first-order valence-electron chi connectivity index (χ1n) is 13.7. The van der Waals surface area contributed by atoms with Crippen molar-refractivity contribution in [1.29, 1.82) is 0 Å². The summed E-state index contributed by atoms with van der Waals surface area (Å²) in [5, 5.41) is 10.7. The average molecular weight is 540 g/mol. The highest BCUT2D eigenvalue weighted by atomic mass is 16.3. The Bertz CT molecular complexity index is 1550. The molecule has 0 bridgehead atoms. The molecule has 3 aliphatic carbocycles. The number of furan rings is 1. The normalized spacial score (nSPS) is 25.8. The van der Waals surface area contributed by atoms with Gasteiger partial charge in [0, 0.05) is 18.4 Å². The molecule has 2 fully saturated rings. The molecule has 0 radical (unpaired) electrons. The number of carbonyl (C=O) groups excluding carboxylic acids is 5. The highest BCUT2D eigenvalue weighted by molar-refractivity contribution is 6.27. The molecule has 8 heteroatoms. The van der Waals surface area contributed by atoms with Crippen molar-refractivity contribution in [2.24, 2.45) is 35.3 Å². The predicted molar refractivity (Wildman–Crippen MR) is 143 cm³/mol. The average Bonchev–Trinajstić information content (AvgIpc) is 3.37. The second kappa shape index (κ2) is 10.0. The van der Waals surface area contributed by atoms with Gasteiger partial charge in [0.15, 0.2) is 29.1 Å². The lowest BCUT2D eigenvalue weighted by Gasteiger charge is -2.44. The number of rotatable bonds is 6. The van der Waals surface area contributed by atoms with Crippen LogP contribution in [-0.2, 0) is 38.4 Å². The van der Waals surface area contributed by atoms with E-state index in [1.165, 1.54) is 11.6 Å². The smallest absolute Gasteiger partial charge is 0.235 e. The Hall–Kier alpha value is -4.33. The largest absolute Gasteiger partial charge is 0.507 e. The Morgan fingerprint density at radius 2 is 1.62 bits per heavy atom. The van der Waals surface area contributed by atoms with Crippen LogP contribution in [0, 0.1) is 29.6 Å². The van der Waals surface area contributed by atoms with E-state index in [0.717, 1.165) is 25.0 Å². The second-order valence-electron chi connectivity index (χ2n) is 11.2. The third kappa shape index (κ3) is 4.28. The number of phenolic OH excluding ortho intramolecular Hbond substituents is 1. The number of hydrogen-bond acceptors (Lipinski definition) is 7. The van der Waals surface area contributed by atoms with Crippen LogP contribution in [-0.4, -0.2) is 34.1 Å². The van der Waals surface area contributed by atoms with E-state index < -0.39 is 58.6 Å². The number of primary amides is 1. The summed E-state index contributed by atoms with van der Waals surface area (Å²) in [5.41, 5.74) is 7.88. The third-order valence-electron chi connectivity index (χ3n) is 8.77. The van der Waals surface area contributed by atoms with E-state index in [-0.39, 0.29) is 17.7 Å². The molecule has 0 aliphatic heterocycles. The van der Waals surface area contributed by atoms with Crippen molar-refractivity contribution in [2.45, 2.75) is 38.5 Å². The first-order valence-corrected chi connectivity index (χ1v) is 13.7. The number of phenols is 1. The Morgan fingerprint density at radius 3 is 2.38 bits per heavy atom. The maximum absolute atomic E-state index is 13.7. The van der Waals surface area contributed by atoms with E-state index in [1.807, 2.05) is 30.3 Å². The Labute approximate surface area is 230 Å². The monoisotopic (exact) mass is 539 g/mol. The van der Waals surface area contributed by atoms with Crippen molar-refractivity contribution in [3.8, 4) is 17.1 Å². The summed E-state index contributed by atoms with van der Waals surface area (Å²) >= 11 is 0. The maximum Gasteiger partial charge on any atom is 0.235 e. The van der Waals surface area contributed by atoms with Gasteiger partial charge in [-0.1, -0.05) is 30.3 Å². The van der Waals surface area contributed by atoms with Crippen molar-refractivity contribution in [2.75, 3.05) is 0 Å². The highest BCUT2D eigenvalue weighted by Crippen LogP contribution is 2.49. The lowest BCUT2D eigenvalue weighted by molar-refractivity contribution is -0.152. The molecule has 5 atom stereocenters. The van der Waals surface area contributed by atoms with Gasteiger partial charge in [-0.05, 0) is 72.9 Å². The molecule has 2 aromatic carbocycles. The fourth-order valence-electron chi connectivity index (χ4n) is 6.99. The SMILES string of the molecule is NC(=O)C1C(=O)CC2CC3Cc4c(-c5ccc(CCCc6ccccc6)o5)ccc(O)c4C(=O)C3C(=O)C2C1=O. The molecule has 8 nitrogen and oxygen atoms in total. The minimum Gasteiger partial charge on any atom is -0.507 e. The zero-order valence-electron chi connectivity index (χ0n) is 21.8. The third-order valence-corrected chi connectivity index (χ3v) is 8.77. The van der Waals surface area contributed by atoms with Crippen LogP contribution in [0.4, 0.5) is 0 Å². The summed E-state index contributed by atoms with van der Waals surface area (Å²) in [7, 11) is 0. The first kappa shape index (κ1) is 25.9. The lowest BCUT2D eigenvalue weighted by atomic mass is 9.56. The predicted octanol–water partition coefficient (Wildman–Crippen LogP) is 3.65. The molecule has 3 N–H and O–H groups in total. The topological polar surface area (TPSA) is 145 Å². The van der Waals surface area contributed by atoms with Gasteiger partial charge in [0.1, 0.15) is 17.3 Å². The quantitative estimate of drug-likeness (QED) is 0.455. The van der Waals surface area contributed by atoms with Crippen molar-refractivity contribution < 1.29 is 33.5 Å². The van der Waals surface area contributed by atoms with E-state index in [0.29, 0.717) is 29.7 Å². The summed E-state index contributed by atoms with van der Waals surface area (Å²) in [6, 6.07) is 17.1. The molecule has 1 heterocycles. The van der Waals surface area contributed by atoms with Crippen LogP contribution in [0.15, 0.2) is 59.0 Å². The molecule has 204 valence electrons. The van der Waals surface area contributed by atoms with Gasteiger partial charge in [-0.3, -0.25) is 24.0 Å². The van der Waals surface area contributed by atoms with Gasteiger partial charge < -0.3 is 15.3 Å². The molecular formula is C32H29NO7. The van der Waals surface area contributed by atoms with Gasteiger partial charge >= 0.3 is 0 Å². The van der Waals surface area contributed by atoms with Crippen molar-refractivity contribution >= 4 is 29.0 Å². The van der Waals surface area contributed by atoms with Crippen LogP contribution in [0.2, 0.25) is 0 Å². The minimum atomic E-state index is -1.64. The van der Waals surface area contributed by atoms with Gasteiger partial charge in [0.25, 0.3) is 0 Å². The standard InChI is InChI=1S/C32H29NO7/c33-32(39)28-23(35)15-18-13-17-14-21-20(24-12-9-19(40-24)8-4-7-16-5-2-1-3-6-16)10-11-22(34)27(21)30(37)25(17)29(36)26(18)31(28)38/h1-3,5-6,9-12,17-18,25-26,28,34H,4,7-8,13-15H2,(H2,33,39). The molecule has 1 amide bonds. The van der Waals surface area contributed by atoms with Crippen LogP contribution in [0.5, 0.6) is 5.75 Å². The molecule has 40 heavy (non-hydrogen) atoms. The first-order chi connectivity index (χ1) is 19.2. The van der Waals surface area contributed by atoms with Gasteiger partial charge in [-0.25, -0.2) is 0 Å². The van der Waals surface area contributed by atoms with Crippen molar-refractivity contribution in [3.63, 3.8) is 0 Å². The number of aryl methyl sites for hydroxylation is 2. The molecule has 2 saturated carbocycles. The van der Waals surface area contributed by atoms with Gasteiger partial charge in [0.05, 0.1) is 17.4 Å². The molecule has 0 saturated heterocycles. The fourth-order valence-corrected chi connectivity index (χ4v) is 6.99. The molecule has 6 rings (SSSR count). The molecule has 5 unspecified atom stereocenters. The summed E-state index contributed by atoms with van der Waals surface area (Å²) in [4.78, 5) is 64.6. The van der Waals surface area contributed by atoms with E-state index in [2.05, 4.69) is 12.1 Å². The number of benzene rings is 2. The zero-order chi connectivity index (χ0) is 28.1. The van der Waals surface area contributed by atoms with Crippen molar-refractivity contribution in [3.05, 3.63) is 77.0 Å². The highest BCUT2D eigenvalue weighted by Gasteiger charge is 2.57. The summed E-state index contributed by atoms with van der Waals surface area (Å²) in [6.45, 7) is 0. The number of nitrogens with two attached hydrogens (primary N) is 1. The van der Waals surface area contributed by atoms with Gasteiger partial charge in [-0.15, -0.1) is 0 Å². The van der Waals surface area contributed by atoms with Crippen LogP contribution in [0.1, 0.15) is 46.5 Å². The lowest BCUT2D eigenvalue weighted by Crippen LogP contribution is -2.56. The summed E-state index contributed by atoms with van der Waals surface area (Å²) in [6.07, 6.45) is 3.10. The molecule has 3 aromatic rings. The molecule has 3 aliphatic rings. The van der Waals surface area contributed by atoms with Crippen molar-refractivity contribution in [1.82, 2.24) is 0 Å². The number of carbonyl (C=O) groups is 5. The number of Topliss-reactive ketones (excluding diaryl/α,β-unsaturated/α-hetero) is 4. The number of aromatic hydroxyl groups is 1. The van der Waals surface area contributed by atoms with E-state index in [1.54, 1.807) is 6.07 Å². The Balaban J connectivity index is 1.27. The van der Waals surface area contributed by atoms with Gasteiger partial charge in [-0.2, -0.15) is 0 Å². The number of ketones is 4. The molecular weight excluding hydrogens is 510 g/mol. The number of amides is 1.